The number of nitrogens with one attached hydrogen (secondary N) is 1. The second-order valence-corrected chi connectivity index (χ2v) is 7.25. The van der Waals surface area contributed by atoms with Gasteiger partial charge in [0.25, 0.3) is 5.91 Å². The molecule has 7 nitrogen and oxygen atoms in total. The molecule has 1 N–H and O–H groups in total. The van der Waals surface area contributed by atoms with Gasteiger partial charge in [-0.25, -0.2) is 4.68 Å². The number of hydrogen-bond donors (Lipinski definition) is 1. The van der Waals surface area contributed by atoms with Crippen LogP contribution in [0.5, 0.6) is 0 Å². The van der Waals surface area contributed by atoms with Crippen molar-refractivity contribution in [3.05, 3.63) is 59.7 Å². The minimum Gasteiger partial charge on any atom is -0.336 e. The van der Waals surface area contributed by atoms with E-state index in [0.29, 0.717) is 5.69 Å². The van der Waals surface area contributed by atoms with Crippen LogP contribution in [0.1, 0.15) is 41.0 Å². The van der Waals surface area contributed by atoms with Gasteiger partial charge in [-0.15, -0.1) is 5.10 Å². The van der Waals surface area contributed by atoms with E-state index in [1.165, 1.54) is 11.3 Å². The Kier molecular flexibility index (Phi) is 3.41. The molecule has 1 amide bonds. The molecule has 1 unspecified atom stereocenters. The maximum Gasteiger partial charge on any atom is 0.274 e. The van der Waals surface area contributed by atoms with Crippen LogP contribution in [-0.4, -0.2) is 49.1 Å². The van der Waals surface area contributed by atoms with Gasteiger partial charge in [0.15, 0.2) is 5.69 Å². The monoisotopic (exact) mass is 348 g/mol. The number of piperidine rings is 1. The normalized spacial score (nSPS) is 21.9. The molecule has 132 valence electrons. The van der Waals surface area contributed by atoms with Gasteiger partial charge in [0.1, 0.15) is 0 Å². The first-order chi connectivity index (χ1) is 12.8. The molecule has 1 aromatic carbocycles. The lowest BCUT2D eigenvalue weighted by molar-refractivity contribution is 0.0623. The van der Waals surface area contributed by atoms with Crippen LogP contribution in [-0.2, 0) is 11.8 Å². The summed E-state index contributed by atoms with van der Waals surface area (Å²) in [5.74, 6) is -0.00843. The van der Waals surface area contributed by atoms with Crippen molar-refractivity contribution in [2.75, 3.05) is 13.1 Å². The van der Waals surface area contributed by atoms with Crippen LogP contribution in [0.2, 0.25) is 0 Å². The zero-order valence-electron chi connectivity index (χ0n) is 14.4. The number of likely N-dealkylation sites (tertiary alicyclic amines) is 1. The molecule has 0 saturated carbocycles. The maximum atomic E-state index is 13.2. The zero-order valence-corrected chi connectivity index (χ0v) is 14.4. The number of aromatic nitrogens is 5. The van der Waals surface area contributed by atoms with Gasteiger partial charge in [0.05, 0.1) is 18.1 Å². The Bertz CT molecular complexity index is 946. The van der Waals surface area contributed by atoms with E-state index in [2.05, 4.69) is 20.5 Å². The Labute approximate surface area is 151 Å². The minimum atomic E-state index is -0.00843. The lowest BCUT2D eigenvalue weighted by Crippen LogP contribution is -2.48. The molecule has 1 fully saturated rings. The minimum absolute atomic E-state index is 0.00843. The number of carbonyl (C=O) groups excluding carboxylic acids is 1. The summed E-state index contributed by atoms with van der Waals surface area (Å²) in [6.07, 6.45) is 7.71. The fraction of sp³-hybridized carbons (Fsp3) is 0.368. The predicted octanol–water partition coefficient (Wildman–Crippen LogP) is 2.11. The van der Waals surface area contributed by atoms with Gasteiger partial charge in [-0.3, -0.25) is 9.89 Å². The maximum absolute atomic E-state index is 13.2. The Morgan fingerprint density at radius 2 is 2.04 bits per heavy atom. The highest BCUT2D eigenvalue weighted by Gasteiger charge is 2.44. The van der Waals surface area contributed by atoms with E-state index in [1.807, 2.05) is 41.4 Å². The van der Waals surface area contributed by atoms with Gasteiger partial charge in [-0.2, -0.15) is 5.10 Å². The molecule has 26 heavy (non-hydrogen) atoms. The van der Waals surface area contributed by atoms with Crippen LogP contribution in [0.25, 0.3) is 5.69 Å². The largest absolute Gasteiger partial charge is 0.336 e. The number of rotatable bonds is 2. The van der Waals surface area contributed by atoms with E-state index in [1.54, 1.807) is 10.9 Å². The van der Waals surface area contributed by atoms with E-state index in [9.17, 15) is 4.79 Å². The Morgan fingerprint density at radius 1 is 1.15 bits per heavy atom. The molecule has 1 spiro atoms. The highest BCUT2D eigenvalue weighted by atomic mass is 16.2. The van der Waals surface area contributed by atoms with Crippen molar-refractivity contribution in [3.63, 3.8) is 0 Å². The first kappa shape index (κ1) is 15.3. The Morgan fingerprint density at radius 3 is 2.92 bits per heavy atom. The SMILES string of the molecule is O=C(c1cnnn1-c1ccccc1)N1CCCC2(CCc3cn[nH]c32)C1. The quantitative estimate of drug-likeness (QED) is 0.769. The average Bonchev–Trinajstić information content (AvgIpc) is 3.41. The lowest BCUT2D eigenvalue weighted by Gasteiger charge is -2.40. The molecule has 2 aromatic heterocycles. The highest BCUT2D eigenvalue weighted by molar-refractivity contribution is 5.93. The Hall–Kier alpha value is -2.96. The van der Waals surface area contributed by atoms with Gasteiger partial charge in [0.2, 0.25) is 0 Å². The van der Waals surface area contributed by atoms with Crippen LogP contribution < -0.4 is 0 Å². The van der Waals surface area contributed by atoms with Gasteiger partial charge in [0, 0.05) is 24.2 Å². The first-order valence-electron chi connectivity index (χ1n) is 9.05. The summed E-state index contributed by atoms with van der Waals surface area (Å²) in [6, 6.07) is 9.66. The zero-order chi connectivity index (χ0) is 17.6. The molecular formula is C19H20N6O. The summed E-state index contributed by atoms with van der Waals surface area (Å²) in [4.78, 5) is 15.2. The molecule has 0 bridgehead atoms. The van der Waals surface area contributed by atoms with Gasteiger partial charge >= 0.3 is 0 Å². The smallest absolute Gasteiger partial charge is 0.274 e. The number of aromatic amines is 1. The molecule has 3 heterocycles. The number of aryl methyl sites for hydroxylation is 1. The number of nitrogens with zero attached hydrogens (tertiary/aromatic N) is 5. The molecule has 3 aromatic rings. The number of H-pyrrole nitrogens is 1. The molecule has 1 saturated heterocycles. The van der Waals surface area contributed by atoms with Gasteiger partial charge < -0.3 is 4.90 Å². The summed E-state index contributed by atoms with van der Waals surface area (Å²) >= 11 is 0. The molecule has 5 rings (SSSR count). The number of fused-ring (bicyclic) bond motifs is 2. The summed E-state index contributed by atoms with van der Waals surface area (Å²) in [7, 11) is 0. The first-order valence-corrected chi connectivity index (χ1v) is 9.05. The number of hydrogen-bond acceptors (Lipinski definition) is 4. The summed E-state index contributed by atoms with van der Waals surface area (Å²) in [5.41, 5.74) is 3.90. The molecule has 1 aliphatic heterocycles. The topological polar surface area (TPSA) is 79.7 Å². The summed E-state index contributed by atoms with van der Waals surface area (Å²) < 4.78 is 1.62. The number of amides is 1. The Balaban J connectivity index is 1.45. The average molecular weight is 348 g/mol. The van der Waals surface area contributed by atoms with E-state index in [0.717, 1.165) is 44.5 Å². The second-order valence-electron chi connectivity index (χ2n) is 7.25. The predicted molar refractivity (Wildman–Crippen MR) is 95.1 cm³/mol. The van der Waals surface area contributed by atoms with Crippen molar-refractivity contribution in [3.8, 4) is 5.69 Å². The highest BCUT2D eigenvalue weighted by Crippen LogP contribution is 2.44. The molecule has 0 radical (unpaired) electrons. The van der Waals surface area contributed by atoms with Crippen LogP contribution >= 0.6 is 0 Å². The fourth-order valence-corrected chi connectivity index (χ4v) is 4.47. The second kappa shape index (κ2) is 5.79. The van der Waals surface area contributed by atoms with Crippen molar-refractivity contribution < 1.29 is 4.79 Å². The molecule has 7 heteroatoms. The third kappa shape index (κ3) is 2.27. The number of para-hydroxylation sites is 1. The number of carbonyl (C=O) groups is 1. The van der Waals surface area contributed by atoms with Gasteiger partial charge in [-0.1, -0.05) is 23.4 Å². The molecular weight excluding hydrogens is 328 g/mol. The molecule has 2 aliphatic rings. The summed E-state index contributed by atoms with van der Waals surface area (Å²) in [6.45, 7) is 1.49. The standard InChI is InChI=1S/C19H20N6O/c26-18(16-12-21-23-25(16)15-5-2-1-3-6-15)24-10-4-8-19(13-24)9-7-14-11-20-22-17(14)19/h1-3,5-6,11-12H,4,7-10,13H2,(H,20,22). The van der Waals surface area contributed by atoms with E-state index >= 15 is 0 Å². The molecule has 1 aliphatic carbocycles. The van der Waals surface area contributed by atoms with Crippen LogP contribution in [0, 0.1) is 0 Å². The van der Waals surface area contributed by atoms with Gasteiger partial charge in [-0.05, 0) is 43.4 Å². The third-order valence-electron chi connectivity index (χ3n) is 5.75. The summed E-state index contributed by atoms with van der Waals surface area (Å²) in [5, 5.41) is 15.5. The van der Waals surface area contributed by atoms with E-state index in [-0.39, 0.29) is 11.3 Å². The van der Waals surface area contributed by atoms with Crippen molar-refractivity contribution >= 4 is 5.91 Å². The third-order valence-corrected chi connectivity index (χ3v) is 5.75. The lowest BCUT2D eigenvalue weighted by atomic mass is 9.77. The van der Waals surface area contributed by atoms with Crippen molar-refractivity contribution in [2.24, 2.45) is 0 Å². The van der Waals surface area contributed by atoms with Crippen LogP contribution in [0.4, 0.5) is 0 Å². The van der Waals surface area contributed by atoms with Crippen molar-refractivity contribution in [1.82, 2.24) is 30.1 Å². The molecule has 1 atom stereocenters. The van der Waals surface area contributed by atoms with E-state index < -0.39 is 0 Å². The van der Waals surface area contributed by atoms with Crippen molar-refractivity contribution in [1.29, 1.82) is 0 Å². The van der Waals surface area contributed by atoms with Crippen LogP contribution in [0.3, 0.4) is 0 Å². The van der Waals surface area contributed by atoms with Crippen molar-refractivity contribution in [2.45, 2.75) is 31.1 Å². The van der Waals surface area contributed by atoms with Crippen LogP contribution in [0.15, 0.2) is 42.7 Å². The number of benzene rings is 1. The fourth-order valence-electron chi connectivity index (χ4n) is 4.47. The van der Waals surface area contributed by atoms with E-state index in [4.69, 9.17) is 0 Å².